The highest BCUT2D eigenvalue weighted by Gasteiger charge is 2.50. The predicted octanol–water partition coefficient (Wildman–Crippen LogP) is 1.31. The van der Waals surface area contributed by atoms with Crippen LogP contribution in [0.4, 0.5) is 0 Å². The van der Waals surface area contributed by atoms with E-state index >= 15 is 0 Å². The molecule has 1 unspecified atom stereocenters. The van der Waals surface area contributed by atoms with Gasteiger partial charge in [0.1, 0.15) is 6.26 Å². The first-order chi connectivity index (χ1) is 11.7. The van der Waals surface area contributed by atoms with Crippen molar-refractivity contribution >= 4 is 11.8 Å². The van der Waals surface area contributed by atoms with E-state index in [-0.39, 0.29) is 11.8 Å². The molecule has 0 aliphatic carbocycles. The minimum atomic E-state index is -0.407. The molecule has 7 nitrogen and oxygen atoms in total. The lowest BCUT2D eigenvalue weighted by atomic mass is 9.77. The van der Waals surface area contributed by atoms with Crippen molar-refractivity contribution in [1.82, 2.24) is 15.0 Å². The van der Waals surface area contributed by atoms with Crippen molar-refractivity contribution in [2.75, 3.05) is 32.8 Å². The molecular formula is C17H23N3O4. The Morgan fingerprint density at radius 2 is 2.08 bits per heavy atom. The van der Waals surface area contributed by atoms with Gasteiger partial charge in [-0.2, -0.15) is 0 Å². The number of nitrogens with zero attached hydrogens (tertiary/aromatic N) is 3. The van der Waals surface area contributed by atoms with Crippen LogP contribution >= 0.6 is 0 Å². The topological polar surface area (TPSA) is 75.9 Å². The first-order valence-corrected chi connectivity index (χ1v) is 8.78. The second-order valence-corrected chi connectivity index (χ2v) is 7.09. The minimum absolute atomic E-state index is 0.142. The molecule has 1 atom stereocenters. The summed E-state index contributed by atoms with van der Waals surface area (Å²) in [6, 6.07) is 1.87. The smallest absolute Gasteiger partial charge is 0.276 e. The normalized spacial score (nSPS) is 28.8. The van der Waals surface area contributed by atoms with E-state index < -0.39 is 5.41 Å². The van der Waals surface area contributed by atoms with Gasteiger partial charge in [-0.25, -0.2) is 0 Å². The number of likely N-dealkylation sites (tertiary alicyclic amines) is 2. The monoisotopic (exact) mass is 333 g/mol. The molecule has 1 aromatic heterocycles. The summed E-state index contributed by atoms with van der Waals surface area (Å²) in [7, 11) is 0. The van der Waals surface area contributed by atoms with Crippen molar-refractivity contribution in [1.29, 1.82) is 0 Å². The zero-order valence-electron chi connectivity index (χ0n) is 13.8. The van der Waals surface area contributed by atoms with Crippen LogP contribution in [0.15, 0.2) is 16.9 Å². The van der Waals surface area contributed by atoms with Crippen LogP contribution < -0.4 is 0 Å². The first kappa shape index (κ1) is 15.6. The number of amides is 2. The van der Waals surface area contributed by atoms with Gasteiger partial charge in [-0.05, 0) is 32.1 Å². The lowest BCUT2D eigenvalue weighted by molar-refractivity contribution is -0.150. The Kier molecular flexibility index (Phi) is 4.04. The van der Waals surface area contributed by atoms with Crippen molar-refractivity contribution in [3.63, 3.8) is 0 Å². The first-order valence-electron chi connectivity index (χ1n) is 8.78. The molecule has 1 aromatic rings. The Bertz CT molecular complexity index is 611. The van der Waals surface area contributed by atoms with Gasteiger partial charge in [0.25, 0.3) is 5.91 Å². The summed E-state index contributed by atoms with van der Waals surface area (Å²) >= 11 is 0. The molecule has 0 radical (unpaired) electrons. The average molecular weight is 333 g/mol. The fourth-order valence-electron chi connectivity index (χ4n) is 4.36. The van der Waals surface area contributed by atoms with E-state index in [0.29, 0.717) is 24.8 Å². The Labute approximate surface area is 140 Å². The molecule has 4 heterocycles. The summed E-state index contributed by atoms with van der Waals surface area (Å²) in [5.74, 6) is 0.0905. The summed E-state index contributed by atoms with van der Waals surface area (Å²) in [5, 5.41) is 3.73. The molecule has 3 aliphatic rings. The highest BCUT2D eigenvalue weighted by Crippen LogP contribution is 2.41. The zero-order chi connectivity index (χ0) is 16.6. The molecule has 3 saturated heterocycles. The molecule has 0 bridgehead atoms. The third kappa shape index (κ3) is 2.60. The van der Waals surface area contributed by atoms with Crippen LogP contribution in [-0.4, -0.2) is 65.7 Å². The summed E-state index contributed by atoms with van der Waals surface area (Å²) in [4.78, 5) is 29.5. The fraction of sp³-hybridized carbons (Fsp3) is 0.706. The van der Waals surface area contributed by atoms with Crippen molar-refractivity contribution in [3.8, 4) is 0 Å². The maximum Gasteiger partial charge on any atom is 0.276 e. The molecule has 24 heavy (non-hydrogen) atoms. The third-order valence-corrected chi connectivity index (χ3v) is 5.70. The van der Waals surface area contributed by atoms with Crippen LogP contribution in [0.1, 0.15) is 42.6 Å². The summed E-state index contributed by atoms with van der Waals surface area (Å²) in [6.07, 6.45) is 5.86. The van der Waals surface area contributed by atoms with E-state index in [1.807, 2.05) is 0 Å². The van der Waals surface area contributed by atoms with Crippen LogP contribution in [0.2, 0.25) is 0 Å². The van der Waals surface area contributed by atoms with Gasteiger partial charge in [-0.3, -0.25) is 9.59 Å². The largest absolute Gasteiger partial charge is 0.381 e. The number of hydrogen-bond acceptors (Lipinski definition) is 5. The average Bonchev–Trinajstić information content (AvgIpc) is 3.29. The highest BCUT2D eigenvalue weighted by atomic mass is 16.5. The van der Waals surface area contributed by atoms with Crippen LogP contribution in [-0.2, 0) is 9.53 Å². The molecular weight excluding hydrogens is 310 g/mol. The molecule has 7 heteroatoms. The second kappa shape index (κ2) is 6.20. The lowest BCUT2D eigenvalue weighted by Gasteiger charge is -2.44. The molecule has 1 spiro atoms. The van der Waals surface area contributed by atoms with Gasteiger partial charge in [0, 0.05) is 45.0 Å². The minimum Gasteiger partial charge on any atom is -0.381 e. The van der Waals surface area contributed by atoms with Crippen LogP contribution in [0.3, 0.4) is 0 Å². The SMILES string of the molecule is O=C(c1ccon1)N1CCC2(CCCN(C3CCOCC3)C2=O)C1. The van der Waals surface area contributed by atoms with Crippen LogP contribution in [0, 0.1) is 5.41 Å². The van der Waals surface area contributed by atoms with Gasteiger partial charge in [0.15, 0.2) is 5.69 Å². The van der Waals surface area contributed by atoms with Gasteiger partial charge in [0.2, 0.25) is 5.91 Å². The van der Waals surface area contributed by atoms with Crippen LogP contribution in [0.5, 0.6) is 0 Å². The maximum absolute atomic E-state index is 13.2. The number of piperidine rings is 1. The van der Waals surface area contributed by atoms with Gasteiger partial charge < -0.3 is 19.1 Å². The third-order valence-electron chi connectivity index (χ3n) is 5.70. The Morgan fingerprint density at radius 3 is 2.83 bits per heavy atom. The number of aromatic nitrogens is 1. The summed E-state index contributed by atoms with van der Waals surface area (Å²) < 4.78 is 10.2. The van der Waals surface area contributed by atoms with Gasteiger partial charge in [-0.15, -0.1) is 0 Å². The van der Waals surface area contributed by atoms with Crippen molar-refractivity contribution in [3.05, 3.63) is 18.0 Å². The number of carbonyl (C=O) groups excluding carboxylic acids is 2. The number of rotatable bonds is 2. The van der Waals surface area contributed by atoms with E-state index in [2.05, 4.69) is 10.1 Å². The standard InChI is InChI=1S/C17H23N3O4/c21-15(14-4-11-24-18-14)19-8-6-17(12-19)5-1-7-20(16(17)22)13-2-9-23-10-3-13/h4,11,13H,1-3,5-10,12H2. The molecule has 0 saturated carbocycles. The summed E-state index contributed by atoms with van der Waals surface area (Å²) in [6.45, 7) is 3.41. The Balaban J connectivity index is 1.48. The number of ether oxygens (including phenoxy) is 1. The van der Waals surface area contributed by atoms with Crippen LogP contribution in [0.25, 0.3) is 0 Å². The van der Waals surface area contributed by atoms with Crippen molar-refractivity contribution < 1.29 is 18.8 Å². The van der Waals surface area contributed by atoms with E-state index in [1.165, 1.54) is 6.26 Å². The molecule has 0 N–H and O–H groups in total. The van der Waals surface area contributed by atoms with Gasteiger partial charge >= 0.3 is 0 Å². The molecule has 130 valence electrons. The molecule has 0 aromatic carbocycles. The quantitative estimate of drug-likeness (QED) is 0.815. The van der Waals surface area contributed by atoms with E-state index in [9.17, 15) is 9.59 Å². The Hall–Kier alpha value is -1.89. The van der Waals surface area contributed by atoms with Crippen molar-refractivity contribution in [2.45, 2.75) is 38.1 Å². The summed E-state index contributed by atoms with van der Waals surface area (Å²) in [5.41, 5.74) is -0.0905. The maximum atomic E-state index is 13.2. The lowest BCUT2D eigenvalue weighted by Crippen LogP contribution is -2.55. The number of hydrogen-bond donors (Lipinski definition) is 0. The molecule has 2 amide bonds. The molecule has 3 aliphatic heterocycles. The van der Waals surface area contributed by atoms with E-state index in [0.717, 1.165) is 51.9 Å². The molecule has 4 rings (SSSR count). The predicted molar refractivity (Wildman–Crippen MR) is 84.2 cm³/mol. The van der Waals surface area contributed by atoms with Gasteiger partial charge in [-0.1, -0.05) is 5.16 Å². The zero-order valence-corrected chi connectivity index (χ0v) is 13.8. The number of carbonyl (C=O) groups is 2. The van der Waals surface area contributed by atoms with Gasteiger partial charge in [0.05, 0.1) is 5.41 Å². The van der Waals surface area contributed by atoms with Crippen molar-refractivity contribution in [2.24, 2.45) is 5.41 Å². The molecule has 3 fully saturated rings. The Morgan fingerprint density at radius 1 is 1.25 bits per heavy atom. The highest BCUT2D eigenvalue weighted by molar-refractivity contribution is 5.93. The fourth-order valence-corrected chi connectivity index (χ4v) is 4.36. The van der Waals surface area contributed by atoms with E-state index in [4.69, 9.17) is 9.26 Å². The second-order valence-electron chi connectivity index (χ2n) is 7.09. The van der Waals surface area contributed by atoms with E-state index in [1.54, 1.807) is 11.0 Å².